The van der Waals surface area contributed by atoms with Crippen molar-refractivity contribution >= 4 is 5.91 Å². The highest BCUT2D eigenvalue weighted by atomic mass is 19.1. The van der Waals surface area contributed by atoms with Crippen LogP contribution in [-0.4, -0.2) is 22.2 Å². The zero-order valence-electron chi connectivity index (χ0n) is 6.59. The Bertz CT molecular complexity index is 345. The lowest BCUT2D eigenvalue weighted by atomic mass is 10.3. The highest BCUT2D eigenvalue weighted by Gasteiger charge is 2.24. The van der Waals surface area contributed by atoms with Gasteiger partial charge in [-0.2, -0.15) is 5.10 Å². The summed E-state index contributed by atoms with van der Waals surface area (Å²) < 4.78 is 14.6. The summed E-state index contributed by atoms with van der Waals surface area (Å²) in [6.45, 7) is 2.62. The smallest absolute Gasteiger partial charge is 0.272 e. The van der Waals surface area contributed by atoms with Gasteiger partial charge in [-0.15, -0.1) is 0 Å². The molecule has 0 atom stereocenters. The van der Waals surface area contributed by atoms with Crippen LogP contribution in [0.5, 0.6) is 0 Å². The number of nitrogens with zero attached hydrogens (tertiary/aromatic N) is 2. The van der Waals surface area contributed by atoms with Crippen molar-refractivity contribution in [3.63, 3.8) is 0 Å². The Morgan fingerprint density at radius 2 is 2.42 bits per heavy atom. The van der Waals surface area contributed by atoms with Crippen molar-refractivity contribution < 1.29 is 9.18 Å². The first-order valence-corrected chi connectivity index (χ1v) is 3.71. The van der Waals surface area contributed by atoms with Crippen molar-refractivity contribution in [2.75, 3.05) is 6.54 Å². The number of carbonyl (C=O) groups is 1. The highest BCUT2D eigenvalue weighted by molar-refractivity contribution is 5.93. The van der Waals surface area contributed by atoms with Gasteiger partial charge in [0, 0.05) is 6.54 Å². The van der Waals surface area contributed by atoms with E-state index in [4.69, 9.17) is 0 Å². The van der Waals surface area contributed by atoms with Gasteiger partial charge in [0.15, 0.2) is 11.5 Å². The Hall–Kier alpha value is -1.39. The molecule has 0 unspecified atom stereocenters. The summed E-state index contributed by atoms with van der Waals surface area (Å²) in [6, 6.07) is 0. The first kappa shape index (κ1) is 7.27. The Morgan fingerprint density at radius 1 is 1.67 bits per heavy atom. The Morgan fingerprint density at radius 3 is 3.08 bits per heavy atom. The van der Waals surface area contributed by atoms with E-state index in [1.165, 1.54) is 4.68 Å². The molecule has 1 aliphatic heterocycles. The summed E-state index contributed by atoms with van der Waals surface area (Å²) in [6.07, 6.45) is 0. The van der Waals surface area contributed by atoms with E-state index in [-0.39, 0.29) is 17.3 Å². The molecular weight excluding hydrogens is 161 g/mol. The molecule has 4 nitrogen and oxygen atoms in total. The number of carbonyl (C=O) groups excluding carboxylic acids is 1. The van der Waals surface area contributed by atoms with Crippen LogP contribution in [0.3, 0.4) is 0 Å². The topological polar surface area (TPSA) is 46.9 Å². The van der Waals surface area contributed by atoms with Crippen LogP contribution in [0.25, 0.3) is 0 Å². The van der Waals surface area contributed by atoms with Crippen LogP contribution in [0.4, 0.5) is 4.39 Å². The van der Waals surface area contributed by atoms with E-state index in [9.17, 15) is 9.18 Å². The summed E-state index contributed by atoms with van der Waals surface area (Å²) in [4.78, 5) is 11.1. The first-order valence-electron chi connectivity index (χ1n) is 3.71. The average Bonchev–Trinajstić information content (AvgIpc) is 2.29. The molecule has 0 bridgehead atoms. The molecule has 5 heteroatoms. The number of fused-ring (bicyclic) bond motifs is 1. The third kappa shape index (κ3) is 0.823. The standard InChI is InChI=1S/C7H8FN3O/c1-4-5(8)6-7(12)9-2-3-11(6)10-4/h2-3H2,1H3,(H,9,12). The molecule has 64 valence electrons. The summed E-state index contributed by atoms with van der Waals surface area (Å²) >= 11 is 0. The number of amides is 1. The molecule has 0 aliphatic carbocycles. The number of hydrogen-bond donors (Lipinski definition) is 1. The summed E-state index contributed by atoms with van der Waals surface area (Å²) in [5.41, 5.74) is 0.334. The monoisotopic (exact) mass is 169 g/mol. The van der Waals surface area contributed by atoms with Gasteiger partial charge in [0.05, 0.1) is 12.2 Å². The summed E-state index contributed by atoms with van der Waals surface area (Å²) in [7, 11) is 0. The highest BCUT2D eigenvalue weighted by Crippen LogP contribution is 2.13. The van der Waals surface area contributed by atoms with Crippen LogP contribution in [0.1, 0.15) is 16.2 Å². The lowest BCUT2D eigenvalue weighted by Gasteiger charge is -2.13. The van der Waals surface area contributed by atoms with Crippen LogP contribution in [0.2, 0.25) is 0 Å². The van der Waals surface area contributed by atoms with Gasteiger partial charge in [-0.3, -0.25) is 9.48 Å². The first-order chi connectivity index (χ1) is 5.70. The molecule has 0 spiro atoms. The van der Waals surface area contributed by atoms with Gasteiger partial charge >= 0.3 is 0 Å². The predicted octanol–water partition coefficient (Wildman–Crippen LogP) is 0.0740. The van der Waals surface area contributed by atoms with Crippen molar-refractivity contribution in [3.05, 3.63) is 17.2 Å². The van der Waals surface area contributed by atoms with Crippen LogP contribution < -0.4 is 5.32 Å². The van der Waals surface area contributed by atoms with Gasteiger partial charge in [-0.1, -0.05) is 0 Å². The van der Waals surface area contributed by atoms with E-state index in [0.29, 0.717) is 13.1 Å². The lowest BCUT2D eigenvalue weighted by molar-refractivity contribution is 0.0919. The molecule has 0 saturated carbocycles. The molecule has 1 N–H and O–H groups in total. The van der Waals surface area contributed by atoms with Crippen LogP contribution >= 0.6 is 0 Å². The minimum Gasteiger partial charge on any atom is -0.349 e. The minimum atomic E-state index is -0.507. The van der Waals surface area contributed by atoms with Crippen molar-refractivity contribution in [1.82, 2.24) is 15.1 Å². The normalized spacial score (nSPS) is 15.7. The molecular formula is C7H8FN3O. The number of halogens is 1. The van der Waals surface area contributed by atoms with E-state index in [0.717, 1.165) is 0 Å². The number of hydrogen-bond acceptors (Lipinski definition) is 2. The second-order valence-corrected chi connectivity index (χ2v) is 2.73. The van der Waals surface area contributed by atoms with Crippen molar-refractivity contribution in [3.8, 4) is 0 Å². The number of nitrogens with one attached hydrogen (secondary N) is 1. The molecule has 12 heavy (non-hydrogen) atoms. The molecule has 0 aromatic carbocycles. The maximum Gasteiger partial charge on any atom is 0.272 e. The van der Waals surface area contributed by atoms with Crippen LogP contribution in [0.15, 0.2) is 0 Å². The summed E-state index contributed by atoms with van der Waals surface area (Å²) in [5.74, 6) is -0.883. The van der Waals surface area contributed by atoms with Crippen molar-refractivity contribution in [1.29, 1.82) is 0 Å². The van der Waals surface area contributed by atoms with Gasteiger partial charge in [-0.05, 0) is 6.92 Å². The zero-order chi connectivity index (χ0) is 8.72. The number of aromatic nitrogens is 2. The maximum atomic E-state index is 13.1. The van der Waals surface area contributed by atoms with E-state index in [1.807, 2.05) is 0 Å². The molecule has 0 radical (unpaired) electrons. The van der Waals surface area contributed by atoms with Gasteiger partial charge in [0.2, 0.25) is 0 Å². The second-order valence-electron chi connectivity index (χ2n) is 2.73. The average molecular weight is 169 g/mol. The van der Waals surface area contributed by atoms with E-state index in [1.54, 1.807) is 6.92 Å². The van der Waals surface area contributed by atoms with Gasteiger partial charge in [-0.25, -0.2) is 4.39 Å². The van der Waals surface area contributed by atoms with Gasteiger partial charge < -0.3 is 5.32 Å². The van der Waals surface area contributed by atoms with Crippen molar-refractivity contribution in [2.45, 2.75) is 13.5 Å². The molecule has 2 rings (SSSR count). The molecule has 0 fully saturated rings. The summed E-state index contributed by atoms with van der Waals surface area (Å²) in [5, 5.41) is 6.43. The largest absolute Gasteiger partial charge is 0.349 e. The third-order valence-electron chi connectivity index (χ3n) is 1.88. The maximum absolute atomic E-state index is 13.1. The fourth-order valence-electron chi connectivity index (χ4n) is 1.30. The van der Waals surface area contributed by atoms with Gasteiger partial charge in [0.25, 0.3) is 5.91 Å². The van der Waals surface area contributed by atoms with Crippen molar-refractivity contribution in [2.24, 2.45) is 0 Å². The Kier molecular flexibility index (Phi) is 1.39. The zero-order valence-corrected chi connectivity index (χ0v) is 6.59. The fraction of sp³-hybridized carbons (Fsp3) is 0.429. The molecule has 1 amide bonds. The minimum absolute atomic E-state index is 0.0544. The molecule has 0 saturated heterocycles. The lowest BCUT2D eigenvalue weighted by Crippen LogP contribution is -2.36. The second kappa shape index (κ2) is 2.30. The van der Waals surface area contributed by atoms with Crippen LogP contribution in [-0.2, 0) is 6.54 Å². The van der Waals surface area contributed by atoms with E-state index >= 15 is 0 Å². The van der Waals surface area contributed by atoms with E-state index < -0.39 is 5.82 Å². The molecule has 1 aromatic heterocycles. The SMILES string of the molecule is Cc1nn2c(c1F)C(=O)NCC2. The van der Waals surface area contributed by atoms with Gasteiger partial charge in [0.1, 0.15) is 0 Å². The molecule has 2 heterocycles. The molecule has 1 aromatic rings. The quantitative estimate of drug-likeness (QED) is 0.597. The Balaban J connectivity index is 2.61. The third-order valence-corrected chi connectivity index (χ3v) is 1.88. The fourth-order valence-corrected chi connectivity index (χ4v) is 1.30. The van der Waals surface area contributed by atoms with E-state index in [2.05, 4.69) is 10.4 Å². The predicted molar refractivity (Wildman–Crippen MR) is 39.3 cm³/mol. The number of rotatable bonds is 0. The molecule has 1 aliphatic rings. The number of aryl methyl sites for hydroxylation is 1. The Labute approximate surface area is 68.4 Å². The van der Waals surface area contributed by atoms with Crippen LogP contribution in [0, 0.1) is 12.7 Å².